The molecule has 2 aromatic rings. The van der Waals surface area contributed by atoms with Crippen LogP contribution in [0.4, 0.5) is 27.6 Å². The van der Waals surface area contributed by atoms with E-state index >= 15 is 0 Å². The number of sulfone groups is 1. The number of benzene rings is 1. The number of rotatable bonds is 11. The predicted molar refractivity (Wildman–Crippen MR) is 127 cm³/mol. The van der Waals surface area contributed by atoms with Crippen molar-refractivity contribution < 1.29 is 44.6 Å². The van der Waals surface area contributed by atoms with Gasteiger partial charge in [-0.1, -0.05) is 31.0 Å². The third kappa shape index (κ3) is 8.64. The summed E-state index contributed by atoms with van der Waals surface area (Å²) in [6.07, 6.45) is -4.86. The van der Waals surface area contributed by atoms with Gasteiger partial charge in [-0.25, -0.2) is 21.8 Å². The van der Waals surface area contributed by atoms with E-state index in [2.05, 4.69) is 25.6 Å². The molecule has 1 aromatic heterocycles. The fourth-order valence-corrected chi connectivity index (χ4v) is 5.89. The molecule has 1 aliphatic rings. The summed E-state index contributed by atoms with van der Waals surface area (Å²) in [5.74, 6) is -3.43. The van der Waals surface area contributed by atoms with Crippen LogP contribution in [-0.4, -0.2) is 60.7 Å². The second kappa shape index (κ2) is 12.9. The molecule has 3 rings (SSSR count). The van der Waals surface area contributed by atoms with Gasteiger partial charge in [-0.3, -0.25) is 9.59 Å². The number of halogens is 5. The van der Waals surface area contributed by atoms with Gasteiger partial charge >= 0.3 is 6.18 Å². The molecular weight excluding hydrogens is 559 g/mol. The van der Waals surface area contributed by atoms with Gasteiger partial charge in [0.15, 0.2) is 14.9 Å². The minimum absolute atomic E-state index is 0.145. The summed E-state index contributed by atoms with van der Waals surface area (Å²) in [5.41, 5.74) is -0.172. The van der Waals surface area contributed by atoms with Crippen molar-refractivity contribution in [3.05, 3.63) is 30.0 Å². The number of nitrogens with zero attached hydrogens (tertiary/aromatic N) is 2. The molecule has 0 spiro atoms. The Kier molecular flexibility index (Phi) is 10.1. The van der Waals surface area contributed by atoms with Crippen molar-refractivity contribution in [2.45, 2.75) is 67.1 Å². The minimum atomic E-state index is -4.62. The molecule has 1 fully saturated rings. The molecule has 0 bridgehead atoms. The topological polar surface area (TPSA) is 131 Å². The molecule has 2 amide bonds. The lowest BCUT2D eigenvalue weighted by Gasteiger charge is -2.29. The summed E-state index contributed by atoms with van der Waals surface area (Å²) in [6.45, 7) is 0. The van der Waals surface area contributed by atoms with E-state index in [4.69, 9.17) is 0 Å². The summed E-state index contributed by atoms with van der Waals surface area (Å²) in [7, 11) is -4.19. The van der Waals surface area contributed by atoms with Crippen LogP contribution in [0.15, 0.2) is 38.8 Å². The van der Waals surface area contributed by atoms with E-state index in [0.717, 1.165) is 31.4 Å². The van der Waals surface area contributed by atoms with Gasteiger partial charge in [0.1, 0.15) is 6.04 Å². The van der Waals surface area contributed by atoms with Crippen molar-refractivity contribution >= 4 is 39.1 Å². The maximum absolute atomic E-state index is 13.2. The van der Waals surface area contributed by atoms with Gasteiger partial charge in [-0.05, 0) is 53.3 Å². The lowest BCUT2D eigenvalue weighted by molar-refractivity contribution is -0.130. The third-order valence-corrected chi connectivity index (χ3v) is 8.54. The molecule has 210 valence electrons. The quantitative estimate of drug-likeness (QED) is 0.292. The molecule has 1 aromatic carbocycles. The van der Waals surface area contributed by atoms with Crippen molar-refractivity contribution in [2.24, 2.45) is 5.92 Å². The Balaban J connectivity index is 1.72. The van der Waals surface area contributed by atoms with E-state index in [1.54, 1.807) is 0 Å². The standard InChI is InChI=1S/C22H25F5N4O5S2/c23-16(24)12-37-21-18(30-36-31-21)20(33)29-17(13-4-2-1-3-5-13)19(32)28-14-6-8-15(9-7-14)38(34,35)11-10-22(25,26)27/h6-9,13,16-17H,1-5,10-12H2,(H,28,32)(H,29,33)/t17-/m0/s1. The number of anilines is 1. The Morgan fingerprint density at radius 1 is 1.08 bits per heavy atom. The number of carbonyl (C=O) groups is 2. The summed E-state index contributed by atoms with van der Waals surface area (Å²) >= 11 is 0.582. The number of nitrogens with one attached hydrogen (secondary N) is 2. The molecular formula is C22H25F5N4O5S2. The molecule has 0 unspecified atom stereocenters. The molecule has 0 radical (unpaired) electrons. The van der Waals surface area contributed by atoms with Crippen LogP contribution in [0.25, 0.3) is 0 Å². The molecule has 0 saturated heterocycles. The Labute approximate surface area is 219 Å². The Hall–Kier alpha value is -2.75. The highest BCUT2D eigenvalue weighted by atomic mass is 32.2. The summed E-state index contributed by atoms with van der Waals surface area (Å²) in [5, 5.41) is 12.0. The average molecular weight is 585 g/mol. The molecule has 38 heavy (non-hydrogen) atoms. The third-order valence-electron chi connectivity index (χ3n) is 5.85. The van der Waals surface area contributed by atoms with Gasteiger partial charge in [0.05, 0.1) is 22.8 Å². The van der Waals surface area contributed by atoms with Crippen LogP contribution in [0.1, 0.15) is 49.0 Å². The maximum atomic E-state index is 13.2. The first-order valence-corrected chi connectivity index (χ1v) is 14.2. The molecule has 9 nitrogen and oxygen atoms in total. The maximum Gasteiger partial charge on any atom is 0.390 e. The lowest BCUT2D eigenvalue weighted by atomic mass is 9.83. The van der Waals surface area contributed by atoms with E-state index in [9.17, 15) is 40.0 Å². The fraction of sp³-hybridized carbons (Fsp3) is 0.545. The molecule has 1 atom stereocenters. The monoisotopic (exact) mass is 584 g/mol. The molecule has 1 heterocycles. The van der Waals surface area contributed by atoms with Crippen LogP contribution in [0, 0.1) is 5.92 Å². The number of amides is 2. The number of aromatic nitrogens is 2. The van der Waals surface area contributed by atoms with Crippen LogP contribution >= 0.6 is 11.8 Å². The van der Waals surface area contributed by atoms with Crippen molar-refractivity contribution in [2.75, 3.05) is 16.8 Å². The van der Waals surface area contributed by atoms with Crippen LogP contribution in [0.5, 0.6) is 0 Å². The van der Waals surface area contributed by atoms with E-state index < -0.39 is 58.2 Å². The zero-order valence-corrected chi connectivity index (χ0v) is 21.5. The summed E-state index contributed by atoms with van der Waals surface area (Å²) < 4.78 is 91.3. The Bertz CT molecular complexity index is 1200. The number of hydrogen-bond donors (Lipinski definition) is 2. The highest BCUT2D eigenvalue weighted by Gasteiger charge is 2.34. The molecule has 1 aliphatic carbocycles. The highest BCUT2D eigenvalue weighted by Crippen LogP contribution is 2.29. The first kappa shape index (κ1) is 29.8. The van der Waals surface area contributed by atoms with Gasteiger partial charge in [0, 0.05) is 5.69 Å². The van der Waals surface area contributed by atoms with E-state index in [0.29, 0.717) is 24.6 Å². The number of thioether (sulfide) groups is 1. The first-order chi connectivity index (χ1) is 17.9. The summed E-state index contributed by atoms with van der Waals surface area (Å²) in [6, 6.07) is 3.60. The van der Waals surface area contributed by atoms with Crippen molar-refractivity contribution in [1.29, 1.82) is 0 Å². The number of hydrogen-bond acceptors (Lipinski definition) is 8. The normalized spacial score (nSPS) is 15.8. The van der Waals surface area contributed by atoms with Crippen molar-refractivity contribution in [1.82, 2.24) is 15.6 Å². The minimum Gasteiger partial charge on any atom is -0.338 e. The SMILES string of the molecule is O=C(N[C@H](C(=O)Nc1ccc(S(=O)(=O)CCC(F)(F)F)cc1)C1CCCCC1)c1nonc1SCC(F)F. The highest BCUT2D eigenvalue weighted by molar-refractivity contribution is 7.99. The second-order valence-corrected chi connectivity index (χ2v) is 11.8. The van der Waals surface area contributed by atoms with E-state index in [1.165, 1.54) is 12.1 Å². The Morgan fingerprint density at radius 2 is 1.74 bits per heavy atom. The van der Waals surface area contributed by atoms with Crippen molar-refractivity contribution in [3.8, 4) is 0 Å². The molecule has 2 N–H and O–H groups in total. The largest absolute Gasteiger partial charge is 0.390 e. The van der Waals surface area contributed by atoms with Crippen LogP contribution < -0.4 is 10.6 Å². The lowest BCUT2D eigenvalue weighted by Crippen LogP contribution is -2.49. The van der Waals surface area contributed by atoms with Gasteiger partial charge in [-0.15, -0.1) is 0 Å². The zero-order chi connectivity index (χ0) is 27.9. The van der Waals surface area contributed by atoms with Gasteiger partial charge in [0.25, 0.3) is 5.91 Å². The molecule has 16 heteroatoms. The fourth-order valence-electron chi connectivity index (χ4n) is 3.96. The Morgan fingerprint density at radius 3 is 2.34 bits per heavy atom. The van der Waals surface area contributed by atoms with Gasteiger partial charge in [-0.2, -0.15) is 13.2 Å². The zero-order valence-electron chi connectivity index (χ0n) is 19.8. The average Bonchev–Trinajstić information content (AvgIpc) is 3.34. The second-order valence-electron chi connectivity index (χ2n) is 8.67. The smallest absolute Gasteiger partial charge is 0.338 e. The summed E-state index contributed by atoms with van der Waals surface area (Å²) in [4.78, 5) is 25.7. The van der Waals surface area contributed by atoms with Crippen molar-refractivity contribution in [3.63, 3.8) is 0 Å². The first-order valence-electron chi connectivity index (χ1n) is 11.6. The van der Waals surface area contributed by atoms with Gasteiger partial charge < -0.3 is 10.6 Å². The van der Waals surface area contributed by atoms with Crippen LogP contribution in [-0.2, 0) is 14.6 Å². The number of carbonyl (C=O) groups excluding carboxylic acids is 2. The molecule has 0 aliphatic heterocycles. The van der Waals surface area contributed by atoms with Crippen LogP contribution in [0.3, 0.4) is 0 Å². The van der Waals surface area contributed by atoms with E-state index in [-0.39, 0.29) is 27.2 Å². The predicted octanol–water partition coefficient (Wildman–Crippen LogP) is 4.47. The van der Waals surface area contributed by atoms with Gasteiger partial charge in [0.2, 0.25) is 18.0 Å². The number of alkyl halides is 5. The van der Waals surface area contributed by atoms with Crippen LogP contribution in [0.2, 0.25) is 0 Å². The van der Waals surface area contributed by atoms with E-state index in [1.807, 2.05) is 0 Å². The molecule has 1 saturated carbocycles.